The van der Waals surface area contributed by atoms with Gasteiger partial charge in [-0.3, -0.25) is 4.90 Å². The van der Waals surface area contributed by atoms with E-state index in [0.29, 0.717) is 0 Å². The van der Waals surface area contributed by atoms with Crippen LogP contribution in [-0.2, 0) is 6.54 Å². The van der Waals surface area contributed by atoms with Crippen LogP contribution in [0.25, 0.3) is 0 Å². The lowest BCUT2D eigenvalue weighted by molar-refractivity contribution is 0.174. The van der Waals surface area contributed by atoms with Crippen molar-refractivity contribution in [2.45, 2.75) is 19.9 Å². The van der Waals surface area contributed by atoms with Crippen molar-refractivity contribution in [3.8, 4) is 0 Å². The van der Waals surface area contributed by atoms with E-state index in [4.69, 9.17) is 12.2 Å². The molecule has 0 saturated carbocycles. The van der Waals surface area contributed by atoms with E-state index < -0.39 is 0 Å². The SMILES string of the molecule is CCCNC(=S)N1CCN(Cc2ccccc2)CC1. The molecule has 1 aromatic carbocycles. The van der Waals surface area contributed by atoms with Gasteiger partial charge in [0.05, 0.1) is 0 Å². The lowest BCUT2D eigenvalue weighted by Gasteiger charge is -2.36. The molecule has 1 saturated heterocycles. The third-order valence-corrected chi connectivity index (χ3v) is 3.84. The minimum atomic E-state index is 0.918. The molecule has 0 spiro atoms. The molecule has 1 aliphatic heterocycles. The maximum Gasteiger partial charge on any atom is 0.169 e. The minimum Gasteiger partial charge on any atom is -0.363 e. The van der Waals surface area contributed by atoms with Crippen LogP contribution in [-0.4, -0.2) is 47.6 Å². The van der Waals surface area contributed by atoms with Crippen molar-refractivity contribution in [2.24, 2.45) is 0 Å². The third kappa shape index (κ3) is 4.48. The lowest BCUT2D eigenvalue weighted by atomic mass is 10.2. The second-order valence-corrected chi connectivity index (χ2v) is 5.37. The number of thiocarbonyl (C=S) groups is 1. The highest BCUT2D eigenvalue weighted by Crippen LogP contribution is 2.08. The van der Waals surface area contributed by atoms with E-state index in [1.54, 1.807) is 0 Å². The van der Waals surface area contributed by atoms with E-state index in [2.05, 4.69) is 52.4 Å². The molecule has 0 bridgehead atoms. The average molecular weight is 277 g/mol. The average Bonchev–Trinajstić information content (AvgIpc) is 2.46. The van der Waals surface area contributed by atoms with Crippen molar-refractivity contribution in [1.29, 1.82) is 0 Å². The Hall–Kier alpha value is -1.13. The quantitative estimate of drug-likeness (QED) is 0.849. The van der Waals surface area contributed by atoms with Gasteiger partial charge in [-0.15, -0.1) is 0 Å². The summed E-state index contributed by atoms with van der Waals surface area (Å²) in [6.45, 7) is 8.41. The van der Waals surface area contributed by atoms with Gasteiger partial charge in [0.25, 0.3) is 0 Å². The highest BCUT2D eigenvalue weighted by atomic mass is 32.1. The van der Waals surface area contributed by atoms with Gasteiger partial charge in [0.1, 0.15) is 0 Å². The molecule has 0 amide bonds. The standard InChI is InChI=1S/C15H23N3S/c1-2-8-16-15(19)18-11-9-17(10-12-18)13-14-6-4-3-5-7-14/h3-7H,2,8-13H2,1H3,(H,16,19). The molecule has 1 aliphatic rings. The van der Waals surface area contributed by atoms with Gasteiger partial charge in [-0.1, -0.05) is 37.3 Å². The Bertz CT molecular complexity index is 386. The van der Waals surface area contributed by atoms with E-state index in [-0.39, 0.29) is 0 Å². The Balaban J connectivity index is 1.75. The van der Waals surface area contributed by atoms with Crippen LogP contribution in [0.1, 0.15) is 18.9 Å². The van der Waals surface area contributed by atoms with E-state index >= 15 is 0 Å². The zero-order valence-electron chi connectivity index (χ0n) is 11.6. The molecule has 19 heavy (non-hydrogen) atoms. The fourth-order valence-corrected chi connectivity index (χ4v) is 2.58. The zero-order chi connectivity index (χ0) is 13.5. The number of nitrogens with one attached hydrogen (secondary N) is 1. The Kier molecular flexibility index (Phi) is 5.61. The topological polar surface area (TPSA) is 18.5 Å². The molecule has 4 heteroatoms. The molecule has 3 nitrogen and oxygen atoms in total. The van der Waals surface area contributed by atoms with Crippen molar-refractivity contribution >= 4 is 17.3 Å². The summed E-state index contributed by atoms with van der Waals surface area (Å²) in [5.74, 6) is 0. The van der Waals surface area contributed by atoms with Crippen LogP contribution in [0, 0.1) is 0 Å². The Morgan fingerprint density at radius 3 is 2.47 bits per heavy atom. The monoisotopic (exact) mass is 277 g/mol. The first-order chi connectivity index (χ1) is 9.29. The molecule has 0 radical (unpaired) electrons. The molecule has 1 heterocycles. The van der Waals surface area contributed by atoms with Crippen LogP contribution < -0.4 is 5.32 Å². The predicted molar refractivity (Wildman–Crippen MR) is 84.2 cm³/mol. The van der Waals surface area contributed by atoms with Gasteiger partial charge in [0, 0.05) is 39.3 Å². The molecule has 104 valence electrons. The summed E-state index contributed by atoms with van der Waals surface area (Å²) in [5.41, 5.74) is 1.39. The van der Waals surface area contributed by atoms with Crippen molar-refractivity contribution in [3.05, 3.63) is 35.9 Å². The highest BCUT2D eigenvalue weighted by molar-refractivity contribution is 7.80. The maximum absolute atomic E-state index is 5.40. The summed E-state index contributed by atoms with van der Waals surface area (Å²) in [4.78, 5) is 4.78. The smallest absolute Gasteiger partial charge is 0.169 e. The van der Waals surface area contributed by atoms with Crippen molar-refractivity contribution in [3.63, 3.8) is 0 Å². The van der Waals surface area contributed by atoms with E-state index in [0.717, 1.165) is 50.8 Å². The molecule has 0 unspecified atom stereocenters. The lowest BCUT2D eigenvalue weighted by Crippen LogP contribution is -2.51. The van der Waals surface area contributed by atoms with Crippen LogP contribution in [0.15, 0.2) is 30.3 Å². The normalized spacial score (nSPS) is 16.4. The number of piperazine rings is 1. The number of nitrogens with zero attached hydrogens (tertiary/aromatic N) is 2. The van der Waals surface area contributed by atoms with Crippen LogP contribution in [0.3, 0.4) is 0 Å². The minimum absolute atomic E-state index is 0.918. The maximum atomic E-state index is 5.40. The second-order valence-electron chi connectivity index (χ2n) is 4.98. The summed E-state index contributed by atoms with van der Waals surface area (Å²) < 4.78 is 0. The van der Waals surface area contributed by atoms with Gasteiger partial charge in [0.2, 0.25) is 0 Å². The molecule has 0 aliphatic carbocycles. The van der Waals surface area contributed by atoms with Crippen LogP contribution >= 0.6 is 12.2 Å². The number of benzene rings is 1. The van der Waals surface area contributed by atoms with E-state index in [9.17, 15) is 0 Å². The highest BCUT2D eigenvalue weighted by Gasteiger charge is 2.18. The van der Waals surface area contributed by atoms with Crippen LogP contribution in [0.2, 0.25) is 0 Å². The van der Waals surface area contributed by atoms with Gasteiger partial charge in [-0.2, -0.15) is 0 Å². The first kappa shape index (κ1) is 14.3. The molecular weight excluding hydrogens is 254 g/mol. The fourth-order valence-electron chi connectivity index (χ4n) is 2.29. The summed E-state index contributed by atoms with van der Waals surface area (Å²) in [6, 6.07) is 10.7. The Morgan fingerprint density at radius 2 is 1.84 bits per heavy atom. The molecule has 0 atom stereocenters. The largest absolute Gasteiger partial charge is 0.363 e. The molecule has 1 N–H and O–H groups in total. The molecule has 2 rings (SSSR count). The summed E-state index contributed by atoms with van der Waals surface area (Å²) >= 11 is 5.40. The second kappa shape index (κ2) is 7.46. The first-order valence-corrected chi connectivity index (χ1v) is 7.49. The number of hydrogen-bond donors (Lipinski definition) is 1. The molecule has 1 fully saturated rings. The van der Waals surface area contributed by atoms with Crippen molar-refractivity contribution < 1.29 is 0 Å². The number of hydrogen-bond acceptors (Lipinski definition) is 2. The molecule has 0 aromatic heterocycles. The molecule has 1 aromatic rings. The van der Waals surface area contributed by atoms with E-state index in [1.165, 1.54) is 5.56 Å². The van der Waals surface area contributed by atoms with Gasteiger partial charge in [0.15, 0.2) is 5.11 Å². The zero-order valence-corrected chi connectivity index (χ0v) is 12.5. The van der Waals surface area contributed by atoms with Gasteiger partial charge in [-0.05, 0) is 24.2 Å². The third-order valence-electron chi connectivity index (χ3n) is 3.43. The Morgan fingerprint density at radius 1 is 1.16 bits per heavy atom. The summed E-state index contributed by atoms with van der Waals surface area (Å²) in [5, 5.41) is 4.22. The van der Waals surface area contributed by atoms with Crippen LogP contribution in [0.5, 0.6) is 0 Å². The Labute approximate surface area is 121 Å². The first-order valence-electron chi connectivity index (χ1n) is 7.08. The summed E-state index contributed by atoms with van der Waals surface area (Å²) in [6.07, 6.45) is 1.12. The predicted octanol–water partition coefficient (Wildman–Crippen LogP) is 2.09. The van der Waals surface area contributed by atoms with Crippen LogP contribution in [0.4, 0.5) is 0 Å². The fraction of sp³-hybridized carbons (Fsp3) is 0.533. The van der Waals surface area contributed by atoms with Gasteiger partial charge < -0.3 is 10.2 Å². The van der Waals surface area contributed by atoms with E-state index in [1.807, 2.05) is 0 Å². The number of rotatable bonds is 4. The summed E-state index contributed by atoms with van der Waals surface area (Å²) in [7, 11) is 0. The van der Waals surface area contributed by atoms with Gasteiger partial charge in [-0.25, -0.2) is 0 Å². The van der Waals surface area contributed by atoms with Crippen molar-refractivity contribution in [2.75, 3.05) is 32.7 Å². The van der Waals surface area contributed by atoms with Crippen molar-refractivity contribution in [1.82, 2.24) is 15.1 Å². The molecular formula is C15H23N3S. The van der Waals surface area contributed by atoms with Gasteiger partial charge >= 0.3 is 0 Å².